The van der Waals surface area contributed by atoms with Crippen molar-refractivity contribution in [2.75, 3.05) is 0 Å². The molecule has 4 N–H and O–H groups in total. The van der Waals surface area contributed by atoms with Crippen LogP contribution >= 0.6 is 12.2 Å². The Labute approximate surface area is 126 Å². The Balaban J connectivity index is 2.21. The van der Waals surface area contributed by atoms with E-state index >= 15 is 0 Å². The van der Waals surface area contributed by atoms with Crippen LogP contribution in [-0.2, 0) is 6.61 Å². The van der Waals surface area contributed by atoms with Gasteiger partial charge in [-0.1, -0.05) is 24.4 Å². The number of carbonyl (C=O) groups excluding carboxylic acids is 1. The van der Waals surface area contributed by atoms with Gasteiger partial charge in [-0.2, -0.15) is 0 Å². The number of rotatable bonds is 5. The first-order valence-electron chi connectivity index (χ1n) is 6.08. The van der Waals surface area contributed by atoms with E-state index in [1.807, 2.05) is 0 Å². The van der Waals surface area contributed by atoms with Crippen molar-refractivity contribution in [3.8, 4) is 5.75 Å². The zero-order chi connectivity index (χ0) is 15.4. The van der Waals surface area contributed by atoms with Crippen LogP contribution in [0.1, 0.15) is 21.5 Å². The molecule has 0 spiro atoms. The van der Waals surface area contributed by atoms with Gasteiger partial charge in [-0.3, -0.25) is 4.79 Å². The predicted octanol–water partition coefficient (Wildman–Crippen LogP) is 2.14. The average molecular weight is 304 g/mol. The molecule has 6 heteroatoms. The van der Waals surface area contributed by atoms with E-state index in [2.05, 4.69) is 0 Å². The van der Waals surface area contributed by atoms with E-state index in [1.165, 1.54) is 12.1 Å². The summed E-state index contributed by atoms with van der Waals surface area (Å²) in [5.74, 6) is -0.707. The van der Waals surface area contributed by atoms with Crippen LogP contribution in [0, 0.1) is 5.82 Å². The van der Waals surface area contributed by atoms with Gasteiger partial charge in [0.05, 0.1) is 5.56 Å². The Hall–Kier alpha value is -2.47. The lowest BCUT2D eigenvalue weighted by molar-refractivity contribution is 0.0996. The lowest BCUT2D eigenvalue weighted by atomic mass is 10.1. The molecule has 0 radical (unpaired) electrons. The number of carbonyl (C=O) groups is 1. The van der Waals surface area contributed by atoms with Gasteiger partial charge < -0.3 is 16.2 Å². The molecule has 0 atom stereocenters. The standard InChI is InChI=1S/C15H13FN2O2S/c16-11-6-9(5-10(7-11)15(18)21)8-20-13-4-2-1-3-12(13)14(17)19/h1-7H,8H2,(H2,17,19)(H2,18,21). The smallest absolute Gasteiger partial charge is 0.252 e. The van der Waals surface area contributed by atoms with Crippen LogP contribution in [0.15, 0.2) is 42.5 Å². The molecule has 0 saturated heterocycles. The van der Waals surface area contributed by atoms with Crippen LogP contribution in [0.3, 0.4) is 0 Å². The first kappa shape index (κ1) is 14.9. The molecule has 0 aliphatic carbocycles. The molecule has 21 heavy (non-hydrogen) atoms. The van der Waals surface area contributed by atoms with Crippen LogP contribution in [0.2, 0.25) is 0 Å². The monoisotopic (exact) mass is 304 g/mol. The third-order valence-corrected chi connectivity index (χ3v) is 3.02. The van der Waals surface area contributed by atoms with Gasteiger partial charge in [0, 0.05) is 5.56 Å². The summed E-state index contributed by atoms with van der Waals surface area (Å²) in [6.07, 6.45) is 0. The summed E-state index contributed by atoms with van der Waals surface area (Å²) in [6.45, 7) is 0.0671. The van der Waals surface area contributed by atoms with Crippen LogP contribution < -0.4 is 16.2 Å². The Bertz CT molecular complexity index is 704. The Kier molecular flexibility index (Phi) is 4.49. The molecule has 0 saturated carbocycles. The first-order valence-corrected chi connectivity index (χ1v) is 6.49. The lowest BCUT2D eigenvalue weighted by Gasteiger charge is -2.10. The van der Waals surface area contributed by atoms with Crippen molar-refractivity contribution in [2.24, 2.45) is 11.5 Å². The molecule has 0 heterocycles. The fraction of sp³-hybridized carbons (Fsp3) is 0.0667. The van der Waals surface area contributed by atoms with E-state index in [4.69, 9.17) is 28.4 Å². The van der Waals surface area contributed by atoms with E-state index < -0.39 is 11.7 Å². The Morgan fingerprint density at radius 1 is 1.19 bits per heavy atom. The number of halogens is 1. The van der Waals surface area contributed by atoms with Gasteiger partial charge in [0.25, 0.3) is 5.91 Å². The number of thiocarbonyl (C=S) groups is 1. The number of benzene rings is 2. The third kappa shape index (κ3) is 3.76. The highest BCUT2D eigenvalue weighted by molar-refractivity contribution is 7.80. The van der Waals surface area contributed by atoms with Gasteiger partial charge in [0.15, 0.2) is 0 Å². The minimum absolute atomic E-state index is 0.0671. The van der Waals surface area contributed by atoms with Gasteiger partial charge in [-0.05, 0) is 35.9 Å². The van der Waals surface area contributed by atoms with Crippen molar-refractivity contribution in [1.82, 2.24) is 0 Å². The minimum Gasteiger partial charge on any atom is -0.488 e. The lowest BCUT2D eigenvalue weighted by Crippen LogP contribution is -2.13. The van der Waals surface area contributed by atoms with Crippen molar-refractivity contribution in [3.63, 3.8) is 0 Å². The number of hydrogen-bond donors (Lipinski definition) is 2. The molecule has 1 amide bonds. The van der Waals surface area contributed by atoms with Crippen LogP contribution in [0.25, 0.3) is 0 Å². The zero-order valence-corrected chi connectivity index (χ0v) is 11.8. The van der Waals surface area contributed by atoms with Crippen LogP contribution in [0.4, 0.5) is 4.39 Å². The summed E-state index contributed by atoms with van der Waals surface area (Å²) in [5, 5.41) is 0. The first-order chi connectivity index (χ1) is 9.97. The topological polar surface area (TPSA) is 78.3 Å². The molecule has 0 aromatic heterocycles. The second-order valence-electron chi connectivity index (χ2n) is 4.36. The Morgan fingerprint density at radius 2 is 1.90 bits per heavy atom. The summed E-state index contributed by atoms with van der Waals surface area (Å²) in [6, 6.07) is 10.8. The minimum atomic E-state index is -0.589. The van der Waals surface area contributed by atoms with Crippen LogP contribution in [0.5, 0.6) is 5.75 Å². The van der Waals surface area contributed by atoms with Crippen molar-refractivity contribution < 1.29 is 13.9 Å². The summed E-state index contributed by atoms with van der Waals surface area (Å²) >= 11 is 4.82. The highest BCUT2D eigenvalue weighted by Gasteiger charge is 2.09. The summed E-state index contributed by atoms with van der Waals surface area (Å²) in [5.41, 5.74) is 12.0. The molecule has 0 aliphatic heterocycles. The number of hydrogen-bond acceptors (Lipinski definition) is 3. The maximum atomic E-state index is 13.5. The molecular formula is C15H13FN2O2S. The average Bonchev–Trinajstić information content (AvgIpc) is 2.44. The van der Waals surface area contributed by atoms with Gasteiger partial charge in [-0.15, -0.1) is 0 Å². The van der Waals surface area contributed by atoms with Gasteiger partial charge in [-0.25, -0.2) is 4.39 Å². The largest absolute Gasteiger partial charge is 0.488 e. The summed E-state index contributed by atoms with van der Waals surface area (Å²) < 4.78 is 19.0. The van der Waals surface area contributed by atoms with E-state index in [9.17, 15) is 9.18 Å². The van der Waals surface area contributed by atoms with Crippen molar-refractivity contribution >= 4 is 23.1 Å². The Morgan fingerprint density at radius 3 is 2.57 bits per heavy atom. The summed E-state index contributed by atoms with van der Waals surface area (Å²) in [7, 11) is 0. The fourth-order valence-corrected chi connectivity index (χ4v) is 1.95. The van der Waals surface area contributed by atoms with Crippen LogP contribution in [-0.4, -0.2) is 10.9 Å². The fourth-order valence-electron chi connectivity index (χ4n) is 1.83. The van der Waals surface area contributed by atoms with E-state index in [0.717, 1.165) is 0 Å². The maximum absolute atomic E-state index is 13.5. The molecule has 0 aliphatic rings. The second-order valence-corrected chi connectivity index (χ2v) is 4.80. The molecular weight excluding hydrogens is 291 g/mol. The SMILES string of the molecule is NC(=O)c1ccccc1OCc1cc(F)cc(C(N)=S)c1. The predicted molar refractivity (Wildman–Crippen MR) is 81.6 cm³/mol. The number of para-hydroxylation sites is 1. The van der Waals surface area contributed by atoms with E-state index in [0.29, 0.717) is 16.9 Å². The number of primary amides is 1. The molecule has 4 nitrogen and oxygen atoms in total. The number of ether oxygens (including phenoxy) is 1. The van der Waals surface area contributed by atoms with Gasteiger partial charge >= 0.3 is 0 Å². The molecule has 0 unspecified atom stereocenters. The third-order valence-electron chi connectivity index (χ3n) is 2.79. The van der Waals surface area contributed by atoms with Crippen molar-refractivity contribution in [2.45, 2.75) is 6.61 Å². The van der Waals surface area contributed by atoms with E-state index in [-0.39, 0.29) is 17.2 Å². The molecule has 0 fully saturated rings. The van der Waals surface area contributed by atoms with Crippen molar-refractivity contribution in [1.29, 1.82) is 0 Å². The molecule has 0 bridgehead atoms. The molecule has 2 aromatic carbocycles. The molecule has 2 aromatic rings. The maximum Gasteiger partial charge on any atom is 0.252 e. The molecule has 108 valence electrons. The van der Waals surface area contributed by atoms with Gasteiger partial charge in [0.1, 0.15) is 23.2 Å². The number of amides is 1. The molecule has 2 rings (SSSR count). The summed E-state index contributed by atoms with van der Waals surface area (Å²) in [4.78, 5) is 11.4. The number of nitrogens with two attached hydrogens (primary N) is 2. The quantitative estimate of drug-likeness (QED) is 0.830. The van der Waals surface area contributed by atoms with Crippen molar-refractivity contribution in [3.05, 3.63) is 65.0 Å². The zero-order valence-electron chi connectivity index (χ0n) is 11.0. The van der Waals surface area contributed by atoms with E-state index in [1.54, 1.807) is 30.3 Å². The normalized spacial score (nSPS) is 10.1. The highest BCUT2D eigenvalue weighted by atomic mass is 32.1. The highest BCUT2D eigenvalue weighted by Crippen LogP contribution is 2.19. The van der Waals surface area contributed by atoms with Gasteiger partial charge in [0.2, 0.25) is 0 Å². The second kappa shape index (κ2) is 6.32.